The fourth-order valence-electron chi connectivity index (χ4n) is 13.5. The van der Waals surface area contributed by atoms with Crippen molar-refractivity contribution in [3.63, 3.8) is 0 Å². The number of hydrogen-bond donors (Lipinski definition) is 3. The fraction of sp³-hybridized carbons (Fsp3) is 0.680. The number of fused-ring (bicyclic) bond motifs is 1. The van der Waals surface area contributed by atoms with Gasteiger partial charge in [0.05, 0.1) is 30.2 Å². The molecule has 104 heavy (non-hydrogen) atoms. The van der Waals surface area contributed by atoms with Gasteiger partial charge in [0.1, 0.15) is 59.9 Å². The molecule has 2 heterocycles. The second-order valence-electron chi connectivity index (χ2n) is 30.0. The van der Waals surface area contributed by atoms with Crippen LogP contribution in [0.5, 0.6) is 0 Å². The van der Waals surface area contributed by atoms with Crippen LogP contribution in [-0.2, 0) is 81.3 Å². The summed E-state index contributed by atoms with van der Waals surface area (Å²) in [5.41, 5.74) is -1.01. The number of nitrogens with zero attached hydrogens (tertiary/aromatic N) is 9. The lowest BCUT2D eigenvalue weighted by molar-refractivity contribution is -0.160. The van der Waals surface area contributed by atoms with Gasteiger partial charge in [0.25, 0.3) is 0 Å². The molecule has 1 aliphatic carbocycles. The van der Waals surface area contributed by atoms with Crippen LogP contribution in [0.3, 0.4) is 0 Å². The van der Waals surface area contributed by atoms with Gasteiger partial charge in [-0.25, -0.2) is 0 Å². The summed E-state index contributed by atoms with van der Waals surface area (Å²) in [6.45, 7) is 17.2. The first-order valence-electron chi connectivity index (χ1n) is 36.3. The molecule has 0 bridgehead atoms. The Balaban J connectivity index is 1.70. The van der Waals surface area contributed by atoms with Gasteiger partial charge in [0, 0.05) is 83.0 Å². The van der Waals surface area contributed by atoms with E-state index in [9.17, 15) is 46.7 Å². The third-order valence-corrected chi connectivity index (χ3v) is 21.5. The van der Waals surface area contributed by atoms with E-state index >= 15 is 24.0 Å². The van der Waals surface area contributed by atoms with Crippen molar-refractivity contribution >= 4 is 82.5 Å². The number of nitrogens with one attached hydrogen (secondary N) is 3. The van der Waals surface area contributed by atoms with Crippen LogP contribution in [0.15, 0.2) is 42.5 Å². The Morgan fingerprint density at radius 2 is 1.28 bits per heavy atom. The molecule has 3 aliphatic rings. The zero-order valence-corrected chi connectivity index (χ0v) is 65.2. The molecule has 12 amide bonds. The van der Waals surface area contributed by atoms with Gasteiger partial charge in [-0.2, -0.15) is 13.2 Å². The topological polar surface area (TPSA) is 279 Å². The molecule has 5 rings (SSSR count). The van der Waals surface area contributed by atoms with Gasteiger partial charge in [0.2, 0.25) is 70.9 Å². The molecule has 1 saturated carbocycles. The van der Waals surface area contributed by atoms with E-state index in [0.717, 1.165) is 32.4 Å². The van der Waals surface area contributed by atoms with Gasteiger partial charge >= 0.3 is 6.18 Å². The van der Waals surface area contributed by atoms with Gasteiger partial charge < -0.3 is 64.8 Å². The van der Waals surface area contributed by atoms with Crippen molar-refractivity contribution in [1.29, 1.82) is 0 Å². The molecule has 0 unspecified atom stereocenters. The minimum atomic E-state index is -4.79. The monoisotopic (exact) mass is 1480 g/mol. The van der Waals surface area contributed by atoms with E-state index in [2.05, 4.69) is 16.0 Å². The molecular formula is C75H114ClF3N12O13. The first-order valence-corrected chi connectivity index (χ1v) is 36.7. The maximum atomic E-state index is 15.6. The second-order valence-corrected chi connectivity index (χ2v) is 30.4. The Hall–Kier alpha value is -7.88. The zero-order chi connectivity index (χ0) is 78.3. The van der Waals surface area contributed by atoms with E-state index in [1.165, 1.54) is 106 Å². The lowest BCUT2D eigenvalue weighted by atomic mass is 9.90. The molecule has 2 aliphatic heterocycles. The highest BCUT2D eigenvalue weighted by atomic mass is 35.5. The maximum absolute atomic E-state index is 15.6. The molecule has 25 nitrogen and oxygen atoms in total. The van der Waals surface area contributed by atoms with Crippen LogP contribution in [0.1, 0.15) is 155 Å². The van der Waals surface area contributed by atoms with Crippen molar-refractivity contribution in [2.75, 3.05) is 89.7 Å². The number of amides is 12. The Labute approximate surface area is 617 Å². The van der Waals surface area contributed by atoms with Crippen LogP contribution in [0.25, 0.3) is 0 Å². The normalized spacial score (nSPS) is 25.0. The number of rotatable bonds is 17. The highest BCUT2D eigenvalue weighted by Crippen LogP contribution is 2.37. The number of likely N-dealkylation sites (N-methyl/N-ethyl adjacent to an activating group) is 8. The van der Waals surface area contributed by atoms with Gasteiger partial charge in [-0.3, -0.25) is 57.5 Å². The highest BCUT2D eigenvalue weighted by Gasteiger charge is 2.51. The van der Waals surface area contributed by atoms with Crippen LogP contribution >= 0.6 is 11.6 Å². The molecule has 580 valence electrons. The van der Waals surface area contributed by atoms with Gasteiger partial charge in [-0.05, 0) is 106 Å². The van der Waals surface area contributed by atoms with Crippen molar-refractivity contribution in [2.45, 2.75) is 219 Å². The number of ether oxygens (including phenoxy) is 1. The molecule has 0 radical (unpaired) electrons. The van der Waals surface area contributed by atoms with Crippen molar-refractivity contribution in [1.82, 2.24) is 60.0 Å². The summed E-state index contributed by atoms with van der Waals surface area (Å²) in [6, 6.07) is -1.69. The largest absolute Gasteiger partial charge is 0.417 e. The highest BCUT2D eigenvalue weighted by molar-refractivity contribution is 6.31. The zero-order valence-electron chi connectivity index (χ0n) is 64.4. The Kier molecular flexibility index (Phi) is 31.6. The van der Waals surface area contributed by atoms with Gasteiger partial charge in [0.15, 0.2) is 0 Å². The standard InChI is InChI=1S/C75H114ClF3N12O13/c1-20-47(8)62-71(101)85(14)49(10)66(96)91-36-32-55(91)70(100)87(16)57(40-51-26-24-46(7)25-27-51)69(99)84(13)42-60(92)80-54(31-29-50-28-30-52(53(76)39-50)75(77,78)79)67(97)89(18)59(43-104-37-33-44(3)4)65(95)82-74(34-22-23-35-74)73(103)90(19)63(48(9)21-2)72(102)88(17)58(68(98)83(11)12)41-61(93)86(15)56(38-45(5)6)64(94)81-62/h24-28,30,39,44-45,47-49,54-59,62-63H,20-23,29,31-38,40-43H2,1-19H3,(H,80,92)(H,81,94)(H,82,95)/t47-,48-,49-,54-,55-,56-,57-,58-,59-,62-,63-/m0/s1. The summed E-state index contributed by atoms with van der Waals surface area (Å²) >= 11 is 6.18. The molecular weight excluding hydrogens is 1370 g/mol. The summed E-state index contributed by atoms with van der Waals surface area (Å²) in [5, 5.41) is 8.00. The van der Waals surface area contributed by atoms with Crippen molar-refractivity contribution in [3.8, 4) is 0 Å². The van der Waals surface area contributed by atoms with E-state index in [4.69, 9.17) is 16.3 Å². The predicted molar refractivity (Wildman–Crippen MR) is 388 cm³/mol. The first kappa shape index (κ1) is 86.8. The molecule has 0 aromatic heterocycles. The Morgan fingerprint density at radius 3 is 1.82 bits per heavy atom. The van der Waals surface area contributed by atoms with Crippen LogP contribution in [0.2, 0.25) is 5.02 Å². The quantitative estimate of drug-likeness (QED) is 0.154. The molecule has 3 fully saturated rings. The molecule has 2 aromatic rings. The van der Waals surface area contributed by atoms with Crippen molar-refractivity contribution in [3.05, 3.63) is 69.7 Å². The van der Waals surface area contributed by atoms with E-state index in [-0.39, 0.29) is 75.5 Å². The number of halogens is 4. The Morgan fingerprint density at radius 1 is 0.683 bits per heavy atom. The van der Waals surface area contributed by atoms with Crippen LogP contribution < -0.4 is 16.0 Å². The third kappa shape index (κ3) is 21.7. The SMILES string of the molecule is CC[C@H](C)[C@@H]1NC(=O)[C@H](CC(C)C)N(C)C(=O)C[C@@H](C(=O)N(C)C)N(C)C(=O)[C@H]([C@@H](C)CC)N(C)C(=O)C2(CCCC2)NC(=O)[C@H](COCCC(C)C)N(C)C(=O)[C@H](CCc2ccc(C(F)(F)F)c(Cl)c2)NC(=O)CN(C)C(=O)[C@H](Cc2ccc(C)cc2)N(C)C(=O)[C@@H]2CCN2C(=O)[C@H](C)N(C)C1=O. The molecule has 3 N–H and O–H groups in total. The van der Waals surface area contributed by atoms with Gasteiger partial charge in [-0.15, -0.1) is 0 Å². The van der Waals surface area contributed by atoms with Crippen LogP contribution in [0.4, 0.5) is 13.2 Å². The fourth-order valence-corrected chi connectivity index (χ4v) is 13.9. The van der Waals surface area contributed by atoms with Crippen LogP contribution in [-0.4, -0.2) is 265 Å². The average molecular weight is 1480 g/mol. The smallest absolute Gasteiger partial charge is 0.379 e. The van der Waals surface area contributed by atoms with Crippen molar-refractivity contribution < 1.29 is 75.4 Å². The summed E-state index contributed by atoms with van der Waals surface area (Å²) in [7, 11) is 12.5. The molecule has 29 heteroatoms. The minimum Gasteiger partial charge on any atom is -0.379 e. The van der Waals surface area contributed by atoms with E-state index in [1.54, 1.807) is 26.0 Å². The second kappa shape index (κ2) is 37.9. The first-order chi connectivity index (χ1) is 48.5. The minimum absolute atomic E-state index is 0.0651. The number of aryl methyl sites for hydroxylation is 2. The third-order valence-electron chi connectivity index (χ3n) is 21.2. The number of carbonyl (C=O) groups is 12. The van der Waals surface area contributed by atoms with Gasteiger partial charge in [-0.1, -0.05) is 129 Å². The lowest BCUT2D eigenvalue weighted by Gasteiger charge is -2.45. The average Bonchev–Trinajstić information content (AvgIpc) is 1.72. The number of benzene rings is 2. The number of hydrogen-bond acceptors (Lipinski definition) is 13. The van der Waals surface area contributed by atoms with E-state index in [0.29, 0.717) is 37.7 Å². The summed E-state index contributed by atoms with van der Waals surface area (Å²) < 4.78 is 48.0. The number of alkyl halides is 3. The summed E-state index contributed by atoms with van der Waals surface area (Å²) in [5.74, 6) is -9.88. The molecule has 2 saturated heterocycles. The van der Waals surface area contributed by atoms with E-state index in [1.807, 2.05) is 60.6 Å². The maximum Gasteiger partial charge on any atom is 0.417 e. The lowest BCUT2D eigenvalue weighted by Crippen LogP contribution is -2.66. The Bertz CT molecular complexity index is 3390. The molecule has 11 atom stereocenters. The predicted octanol–water partition coefficient (Wildman–Crippen LogP) is 5.98. The van der Waals surface area contributed by atoms with E-state index < -0.39 is 179 Å². The molecule has 1 spiro atoms. The van der Waals surface area contributed by atoms with Crippen LogP contribution in [0, 0.1) is 30.6 Å². The summed E-state index contributed by atoms with van der Waals surface area (Å²) in [6.07, 6.45) is -3.36. The molecule has 2 aromatic carbocycles. The number of carbonyl (C=O) groups excluding carboxylic acids is 12. The summed E-state index contributed by atoms with van der Waals surface area (Å²) in [4.78, 5) is 191. The van der Waals surface area contributed by atoms with Crippen molar-refractivity contribution in [2.24, 2.45) is 23.7 Å².